The van der Waals surface area contributed by atoms with Crippen molar-refractivity contribution in [3.63, 3.8) is 0 Å². The second-order valence-corrected chi connectivity index (χ2v) is 5.47. The van der Waals surface area contributed by atoms with Crippen LogP contribution in [0.4, 0.5) is 5.95 Å². The van der Waals surface area contributed by atoms with Crippen LogP contribution in [0.5, 0.6) is 0 Å². The molecule has 1 aromatic carbocycles. The number of anilines is 1. The molecule has 24 heavy (non-hydrogen) atoms. The van der Waals surface area contributed by atoms with Crippen LogP contribution in [0.2, 0.25) is 0 Å². The first-order valence-electron chi connectivity index (χ1n) is 7.69. The fraction of sp³-hybridized carbons (Fsp3) is 0.111. The van der Waals surface area contributed by atoms with E-state index in [0.717, 1.165) is 28.0 Å². The van der Waals surface area contributed by atoms with E-state index in [9.17, 15) is 0 Å². The molecule has 0 spiro atoms. The summed E-state index contributed by atoms with van der Waals surface area (Å²) in [5.41, 5.74) is 10.6. The number of ether oxygens (including phenoxy) is 1. The lowest BCUT2D eigenvalue weighted by Gasteiger charge is -2.08. The molecule has 0 atom stereocenters. The van der Waals surface area contributed by atoms with Crippen LogP contribution in [0.25, 0.3) is 22.4 Å². The fourth-order valence-corrected chi connectivity index (χ4v) is 2.71. The monoisotopic (exact) mass is 319 g/mol. The van der Waals surface area contributed by atoms with Crippen LogP contribution >= 0.6 is 0 Å². The van der Waals surface area contributed by atoms with E-state index in [4.69, 9.17) is 10.5 Å². The highest BCUT2D eigenvalue weighted by Crippen LogP contribution is 2.26. The maximum absolute atomic E-state index is 6.09. The Hall–Kier alpha value is -3.12. The van der Waals surface area contributed by atoms with Gasteiger partial charge in [0, 0.05) is 12.4 Å². The van der Waals surface area contributed by atoms with Gasteiger partial charge in [-0.05, 0) is 23.8 Å². The number of nitrogens with two attached hydrogens (primary N) is 1. The molecule has 4 aromatic rings. The molecule has 0 amide bonds. The van der Waals surface area contributed by atoms with Crippen LogP contribution in [-0.2, 0) is 18.1 Å². The van der Waals surface area contributed by atoms with Crippen LogP contribution in [0.3, 0.4) is 0 Å². The Kier molecular flexibility index (Phi) is 3.72. The summed E-state index contributed by atoms with van der Waals surface area (Å²) in [5, 5.41) is 0. The van der Waals surface area contributed by atoms with Crippen LogP contribution in [0.1, 0.15) is 5.56 Å². The molecule has 0 aliphatic rings. The van der Waals surface area contributed by atoms with Gasteiger partial charge in [-0.1, -0.05) is 30.3 Å². The standard InChI is InChI=1S/C18H17N5O/c19-18-22-17-15(8-10-21-16(17)14-7-4-9-20-14)23(18)12-24-11-13-5-2-1-3-6-13/h1-10,20H,11-12H2,(H2,19,22). The lowest BCUT2D eigenvalue weighted by molar-refractivity contribution is 0.0678. The van der Waals surface area contributed by atoms with Gasteiger partial charge in [-0.2, -0.15) is 0 Å². The number of aromatic nitrogens is 4. The number of aromatic amines is 1. The molecule has 3 N–H and O–H groups in total. The summed E-state index contributed by atoms with van der Waals surface area (Å²) in [4.78, 5) is 12.1. The largest absolute Gasteiger partial charge is 0.369 e. The van der Waals surface area contributed by atoms with E-state index in [0.29, 0.717) is 19.3 Å². The van der Waals surface area contributed by atoms with Gasteiger partial charge in [0.05, 0.1) is 17.8 Å². The number of nitrogens with zero attached hydrogens (tertiary/aromatic N) is 3. The molecule has 0 bridgehead atoms. The average Bonchev–Trinajstić information content (AvgIpc) is 3.24. The number of hydrogen-bond donors (Lipinski definition) is 2. The zero-order valence-electron chi connectivity index (χ0n) is 13.0. The minimum atomic E-state index is 0.339. The summed E-state index contributed by atoms with van der Waals surface area (Å²) in [7, 11) is 0. The maximum Gasteiger partial charge on any atom is 0.203 e. The third-order valence-corrected chi connectivity index (χ3v) is 3.88. The first-order chi connectivity index (χ1) is 11.8. The first kappa shape index (κ1) is 14.5. The highest BCUT2D eigenvalue weighted by atomic mass is 16.5. The number of hydrogen-bond acceptors (Lipinski definition) is 4. The molecule has 3 heterocycles. The maximum atomic E-state index is 6.09. The minimum absolute atomic E-state index is 0.339. The molecule has 6 nitrogen and oxygen atoms in total. The van der Waals surface area contributed by atoms with E-state index < -0.39 is 0 Å². The number of rotatable bonds is 5. The van der Waals surface area contributed by atoms with Crippen LogP contribution in [0.15, 0.2) is 60.9 Å². The van der Waals surface area contributed by atoms with Gasteiger partial charge in [0.2, 0.25) is 5.95 Å². The molecule has 0 fully saturated rings. The van der Waals surface area contributed by atoms with Crippen molar-refractivity contribution in [3.05, 3.63) is 66.5 Å². The molecule has 3 aromatic heterocycles. The van der Waals surface area contributed by atoms with E-state index in [1.54, 1.807) is 6.20 Å². The van der Waals surface area contributed by atoms with Crippen LogP contribution in [0, 0.1) is 0 Å². The summed E-state index contributed by atoms with van der Waals surface area (Å²) in [6.07, 6.45) is 3.62. The topological polar surface area (TPSA) is 81.8 Å². The van der Waals surface area contributed by atoms with Crippen molar-refractivity contribution in [3.8, 4) is 11.4 Å². The Labute approximate surface area is 138 Å². The van der Waals surface area contributed by atoms with Crippen molar-refractivity contribution in [2.24, 2.45) is 0 Å². The SMILES string of the molecule is Nc1nc2c(-c3ccc[nH]3)nccc2n1COCc1ccccc1. The Morgan fingerprint density at radius 1 is 1.08 bits per heavy atom. The minimum Gasteiger partial charge on any atom is -0.369 e. The highest BCUT2D eigenvalue weighted by molar-refractivity contribution is 5.90. The van der Waals surface area contributed by atoms with Crippen molar-refractivity contribution in [2.45, 2.75) is 13.3 Å². The fourth-order valence-electron chi connectivity index (χ4n) is 2.71. The second-order valence-electron chi connectivity index (χ2n) is 5.47. The molecular weight excluding hydrogens is 302 g/mol. The molecule has 0 saturated carbocycles. The summed E-state index contributed by atoms with van der Waals surface area (Å²) >= 11 is 0. The third-order valence-electron chi connectivity index (χ3n) is 3.88. The van der Waals surface area contributed by atoms with E-state index in [-0.39, 0.29) is 0 Å². The normalized spacial score (nSPS) is 11.2. The number of H-pyrrole nitrogens is 1. The van der Waals surface area contributed by atoms with Gasteiger partial charge in [0.1, 0.15) is 17.9 Å². The number of imidazole rings is 1. The van der Waals surface area contributed by atoms with Gasteiger partial charge in [-0.25, -0.2) is 4.98 Å². The van der Waals surface area contributed by atoms with Crippen molar-refractivity contribution in [1.29, 1.82) is 0 Å². The zero-order chi connectivity index (χ0) is 16.4. The molecule has 0 aliphatic carbocycles. The van der Waals surface area contributed by atoms with Crippen molar-refractivity contribution in [2.75, 3.05) is 5.73 Å². The molecule has 0 aliphatic heterocycles. The van der Waals surface area contributed by atoms with E-state index >= 15 is 0 Å². The molecule has 4 rings (SSSR count). The Balaban J connectivity index is 1.62. The first-order valence-corrected chi connectivity index (χ1v) is 7.69. The lowest BCUT2D eigenvalue weighted by atomic mass is 10.2. The number of nitrogen functional groups attached to an aromatic ring is 1. The summed E-state index contributed by atoms with van der Waals surface area (Å²) in [5.74, 6) is 0.416. The summed E-state index contributed by atoms with van der Waals surface area (Å²) < 4.78 is 7.65. The molecule has 0 radical (unpaired) electrons. The molecule has 0 saturated heterocycles. The predicted octanol–water partition coefficient (Wildman–Crippen LogP) is 3.18. The Morgan fingerprint density at radius 3 is 2.75 bits per heavy atom. The smallest absolute Gasteiger partial charge is 0.203 e. The molecule has 120 valence electrons. The van der Waals surface area contributed by atoms with Crippen molar-refractivity contribution in [1.82, 2.24) is 19.5 Å². The Bertz CT molecular complexity index is 944. The third kappa shape index (κ3) is 2.63. The quantitative estimate of drug-likeness (QED) is 0.592. The van der Waals surface area contributed by atoms with Gasteiger partial charge in [0.25, 0.3) is 0 Å². The van der Waals surface area contributed by atoms with Gasteiger partial charge < -0.3 is 15.5 Å². The lowest BCUT2D eigenvalue weighted by Crippen LogP contribution is -2.06. The van der Waals surface area contributed by atoms with Crippen molar-refractivity contribution < 1.29 is 4.74 Å². The number of nitrogens with one attached hydrogen (secondary N) is 1. The van der Waals surface area contributed by atoms with Gasteiger partial charge >= 0.3 is 0 Å². The molecule has 0 unspecified atom stereocenters. The zero-order valence-corrected chi connectivity index (χ0v) is 13.0. The number of pyridine rings is 1. The predicted molar refractivity (Wildman–Crippen MR) is 93.0 cm³/mol. The average molecular weight is 319 g/mol. The van der Waals surface area contributed by atoms with E-state index in [1.807, 2.05) is 59.3 Å². The van der Waals surface area contributed by atoms with Crippen LogP contribution in [-0.4, -0.2) is 19.5 Å². The van der Waals surface area contributed by atoms with Gasteiger partial charge in [-0.15, -0.1) is 0 Å². The summed E-state index contributed by atoms with van der Waals surface area (Å²) in [6.45, 7) is 0.861. The molecular formula is C18H17N5O. The number of fused-ring (bicyclic) bond motifs is 1. The highest BCUT2D eigenvalue weighted by Gasteiger charge is 2.14. The Morgan fingerprint density at radius 2 is 1.96 bits per heavy atom. The van der Waals surface area contributed by atoms with Gasteiger partial charge in [0.15, 0.2) is 0 Å². The number of benzene rings is 1. The van der Waals surface area contributed by atoms with E-state index in [1.165, 1.54) is 0 Å². The van der Waals surface area contributed by atoms with E-state index in [2.05, 4.69) is 15.0 Å². The van der Waals surface area contributed by atoms with Crippen molar-refractivity contribution >= 4 is 17.0 Å². The second kappa shape index (κ2) is 6.17. The van der Waals surface area contributed by atoms with Crippen LogP contribution < -0.4 is 5.73 Å². The summed E-state index contributed by atoms with van der Waals surface area (Å²) in [6, 6.07) is 15.8. The molecule has 6 heteroatoms. The van der Waals surface area contributed by atoms with Gasteiger partial charge in [-0.3, -0.25) is 9.55 Å².